The predicted molar refractivity (Wildman–Crippen MR) is 464 cm³/mol. The highest BCUT2D eigenvalue weighted by molar-refractivity contribution is 8.00. The molecule has 18 rings (SSSR count). The van der Waals surface area contributed by atoms with Gasteiger partial charge in [-0.2, -0.15) is 0 Å². The quantitative estimate of drug-likeness (QED) is 0.0796. The molecule has 636 valence electrons. The van der Waals surface area contributed by atoms with Crippen molar-refractivity contribution in [1.82, 2.24) is 0 Å². The van der Waals surface area contributed by atoms with E-state index in [1.807, 2.05) is 30.4 Å². The molecule has 3 N–H and O–H groups in total. The predicted octanol–water partition coefficient (Wildman–Crippen LogP) is 21.1. The molecule has 0 aromatic heterocycles. The number of fused-ring (bicyclic) bond motifs is 21. The maximum Gasteiger partial charge on any atom is 0.178 e. The smallest absolute Gasteiger partial charge is 0.178 e. The number of ether oxygens (including phenoxy) is 6. The number of allylic oxidation sites excluding steroid dienone is 12. The standard InChI is InChI=1S/C31H35Cl3O5S.2C31H36Cl2O5S/c1-4-5-27-38-26-11-19-18-7-6-16-10-17(35)8-9-29(16,2)28(18)23(36)14-30(19,3)31(26,39-27)25(37)15-40-24-13-21(33)20(32)12-22(24)34;1-4-6-26-37-25-14-20-19-10-9-17-13-18(34)11-12-29(17,2)27(19)22(35)15-30(20,3)31(25,38-26)24(36)16-39-23-8-5-7-21(32)28(23)33;1-4-6-26-37-25-14-20-19-10-9-17-13-18(34)11-12-29(17,2)27(19)23(35)15-30(20,3)31(25,38-26)24(36)16-39-28-21(32)7-5-8-22(28)33/h8-10,12-13,18-19,23,26-28,36H,4-7,11,14-15H2,1-3H3;5,7-8,11-13,19-20,22,25-27,35H,4,6,9-10,14-16H2,1-3H3;5,7-8,11-13,19-20,23,25-27,35H,4,6,9-10,14-16H2,1-3H3/t18?,19?,23-,26+,27+,28?,29?,30?,31+;19?,20?,22-,25+,26+,27?,29?,30?,31+;19?,20?,23-,25+,26+,27?,29?,30?,31+/m000/s1. The van der Waals surface area contributed by atoms with E-state index in [0.29, 0.717) is 77.1 Å². The zero-order valence-corrected chi connectivity index (χ0v) is 75.9. The molecule has 15 nitrogen and oxygen atoms in total. The van der Waals surface area contributed by atoms with Crippen LogP contribution in [-0.4, -0.2) is 140 Å². The summed E-state index contributed by atoms with van der Waals surface area (Å²) < 4.78 is 39.7. The summed E-state index contributed by atoms with van der Waals surface area (Å²) in [7, 11) is 0. The maximum absolute atomic E-state index is 14.4. The first-order valence-electron chi connectivity index (χ1n) is 42.4. The number of halogens is 7. The summed E-state index contributed by atoms with van der Waals surface area (Å²) in [4.78, 5) is 81.8. The van der Waals surface area contributed by atoms with E-state index in [-0.39, 0.29) is 140 Å². The molecule has 27 atom stereocenters. The maximum atomic E-state index is 14.4. The van der Waals surface area contributed by atoms with E-state index in [2.05, 4.69) is 62.3 Å². The van der Waals surface area contributed by atoms with Gasteiger partial charge in [-0.25, -0.2) is 0 Å². The third-order valence-corrected chi connectivity index (χ3v) is 37.7. The van der Waals surface area contributed by atoms with Gasteiger partial charge in [0.2, 0.25) is 0 Å². The van der Waals surface area contributed by atoms with Crippen LogP contribution >= 0.6 is 116 Å². The number of benzene rings is 3. The highest BCUT2D eigenvalue weighted by Gasteiger charge is 2.79. The third-order valence-electron chi connectivity index (χ3n) is 31.6. The molecule has 12 aliphatic carbocycles. The van der Waals surface area contributed by atoms with Gasteiger partial charge in [0.1, 0.15) is 0 Å². The molecule has 0 radical (unpaired) electrons. The van der Waals surface area contributed by atoms with Gasteiger partial charge < -0.3 is 43.7 Å². The van der Waals surface area contributed by atoms with Crippen molar-refractivity contribution in [3.63, 3.8) is 0 Å². The van der Waals surface area contributed by atoms with Crippen LogP contribution in [-0.2, 0) is 57.2 Å². The Kier molecular flexibility index (Phi) is 24.9. The average molecular weight is 1810 g/mol. The van der Waals surface area contributed by atoms with Gasteiger partial charge in [-0.1, -0.05) is 210 Å². The van der Waals surface area contributed by atoms with Crippen molar-refractivity contribution in [2.75, 3.05) is 17.3 Å². The molecule has 3 aromatic carbocycles. The van der Waals surface area contributed by atoms with E-state index in [1.54, 1.807) is 72.9 Å². The molecular weight excluding hydrogens is 1700 g/mol. The van der Waals surface area contributed by atoms with E-state index >= 15 is 0 Å². The summed E-state index contributed by atoms with van der Waals surface area (Å²) in [5.41, 5.74) is -2.96. The second kappa shape index (κ2) is 33.2. The first-order valence-corrected chi connectivity index (χ1v) is 48.0. The monoisotopic (exact) mass is 1800 g/mol. The van der Waals surface area contributed by atoms with Gasteiger partial charge in [0.15, 0.2) is 70.4 Å². The van der Waals surface area contributed by atoms with Crippen molar-refractivity contribution in [3.05, 3.63) is 155 Å². The summed E-state index contributed by atoms with van der Waals surface area (Å²) in [6.45, 7) is 19.2. The van der Waals surface area contributed by atoms with Crippen molar-refractivity contribution in [3.8, 4) is 0 Å². The van der Waals surface area contributed by atoms with Crippen LogP contribution in [0, 0.1) is 85.8 Å². The van der Waals surface area contributed by atoms with Gasteiger partial charge in [0, 0.05) is 64.9 Å². The SMILES string of the molecule is CCC[C@@H]1O[C@@H]2CC3C4CCC5=CC(=O)C=CC5(C)C4[C@@H](O)CC3(C)[C@]2(C(=O)CSc2c(Cl)cccc2Cl)O1.CCC[C@@H]1O[C@@H]2CC3C4CCC5=CC(=O)C=CC5(C)C4[C@@H](O)CC3(C)[C@]2(C(=O)CSc2cc(Cl)c(Cl)cc2Cl)O1.CCC[C@@H]1O[C@@H]2CC3C4CCC5=CC(=O)C=CC5(C)C4[C@@H](O)CC3(C)[C@]2(C(=O)CSc2cccc(Cl)c2Cl)O1. The molecule has 3 saturated heterocycles. The molecule has 15 aliphatic rings. The Morgan fingerprint density at radius 3 is 1.13 bits per heavy atom. The number of hydrogen-bond donors (Lipinski definition) is 3. The zero-order chi connectivity index (χ0) is 84.1. The number of carbonyl (C=O) groups excluding carboxylic acids is 6. The van der Waals surface area contributed by atoms with Crippen LogP contribution in [0.25, 0.3) is 0 Å². The number of ketones is 6. The number of aliphatic hydroxyl groups excluding tert-OH is 3. The Hall–Kier alpha value is -3.16. The van der Waals surface area contributed by atoms with E-state index < -0.39 is 70.2 Å². The van der Waals surface area contributed by atoms with Crippen molar-refractivity contribution in [2.24, 2.45) is 85.8 Å². The van der Waals surface area contributed by atoms with E-state index in [1.165, 1.54) is 35.3 Å². The van der Waals surface area contributed by atoms with E-state index in [9.17, 15) is 44.1 Å². The first kappa shape index (κ1) is 88.3. The first-order chi connectivity index (χ1) is 56.0. The van der Waals surface area contributed by atoms with E-state index in [4.69, 9.17) is 110 Å². The fourth-order valence-corrected chi connectivity index (χ4v) is 31.3. The molecule has 3 aromatic rings. The van der Waals surface area contributed by atoms with Gasteiger partial charge >= 0.3 is 0 Å². The Morgan fingerprint density at radius 2 is 0.763 bits per heavy atom. The number of Topliss-reactive ketones (excluding diaryl/α,β-unsaturated/α-hetero) is 3. The van der Waals surface area contributed by atoms with Gasteiger partial charge in [-0.15, -0.1) is 35.3 Å². The van der Waals surface area contributed by atoms with Crippen LogP contribution in [0.2, 0.25) is 35.2 Å². The number of rotatable bonds is 18. The molecule has 118 heavy (non-hydrogen) atoms. The molecule has 0 spiro atoms. The van der Waals surface area contributed by atoms with Gasteiger partial charge in [-0.3, -0.25) is 28.8 Å². The minimum absolute atomic E-state index is 0.00596. The molecule has 0 amide bonds. The minimum Gasteiger partial charge on any atom is -0.393 e. The van der Waals surface area contributed by atoms with Crippen molar-refractivity contribution < 1.29 is 72.5 Å². The lowest BCUT2D eigenvalue weighted by atomic mass is 9.46. The largest absolute Gasteiger partial charge is 0.393 e. The molecule has 3 aliphatic heterocycles. The molecule has 25 heteroatoms. The van der Waals surface area contributed by atoms with Crippen LogP contribution in [0.5, 0.6) is 0 Å². The molecule has 0 bridgehead atoms. The van der Waals surface area contributed by atoms with Crippen LogP contribution in [0.15, 0.2) is 135 Å². The Labute approximate surface area is 740 Å². The van der Waals surface area contributed by atoms with Crippen LogP contribution in [0.1, 0.15) is 178 Å². The van der Waals surface area contributed by atoms with Gasteiger partial charge in [0.25, 0.3) is 0 Å². The lowest BCUT2D eigenvalue weighted by molar-refractivity contribution is -0.197. The van der Waals surface area contributed by atoms with Gasteiger partial charge in [0.05, 0.1) is 89.0 Å². The summed E-state index contributed by atoms with van der Waals surface area (Å²) in [6, 6.07) is 14.1. The number of carbonyl (C=O) groups is 6. The number of aliphatic hydroxyl groups is 3. The van der Waals surface area contributed by atoms with Crippen molar-refractivity contribution in [1.29, 1.82) is 0 Å². The molecule has 12 fully saturated rings. The van der Waals surface area contributed by atoms with Gasteiger partial charge in [-0.05, 0) is 205 Å². The van der Waals surface area contributed by atoms with E-state index in [0.717, 1.165) is 105 Å². The number of hydrogen-bond acceptors (Lipinski definition) is 18. The van der Waals surface area contributed by atoms with Crippen LogP contribution in [0.3, 0.4) is 0 Å². The summed E-state index contributed by atoms with van der Waals surface area (Å²) >= 11 is 48.4. The van der Waals surface area contributed by atoms with Crippen LogP contribution in [0.4, 0.5) is 0 Å². The van der Waals surface area contributed by atoms with Crippen molar-refractivity contribution in [2.45, 2.75) is 265 Å². The molecule has 3 heterocycles. The normalized spacial score (nSPS) is 42.2. The second-order valence-corrected chi connectivity index (χ2v) is 43.2. The molecule has 15 unspecified atom stereocenters. The van der Waals surface area contributed by atoms with Crippen LogP contribution < -0.4 is 0 Å². The Bertz CT molecular complexity index is 4740. The van der Waals surface area contributed by atoms with Crippen molar-refractivity contribution >= 4 is 151 Å². The Morgan fingerprint density at radius 1 is 0.432 bits per heavy atom. The fourth-order valence-electron chi connectivity index (χ4n) is 26.6. The third kappa shape index (κ3) is 14.1. The summed E-state index contributed by atoms with van der Waals surface area (Å²) in [6.07, 6.45) is 25.4. The average Bonchev–Trinajstić information content (AvgIpc) is 1.51. The second-order valence-electron chi connectivity index (χ2n) is 37.4. The number of thioether (sulfide) groups is 3. The highest BCUT2D eigenvalue weighted by atomic mass is 35.5. The molecule has 9 saturated carbocycles. The lowest BCUT2D eigenvalue weighted by Crippen LogP contribution is -2.63. The highest BCUT2D eigenvalue weighted by Crippen LogP contribution is 2.74. The molecular formula is C93H107Cl7O15S3. The zero-order valence-electron chi connectivity index (χ0n) is 68.2. The lowest BCUT2D eigenvalue weighted by Gasteiger charge is -2.59. The minimum atomic E-state index is -1.16. The topological polar surface area (TPSA) is 218 Å². The Balaban J connectivity index is 0.000000132. The summed E-state index contributed by atoms with van der Waals surface area (Å²) in [5.74, 6) is 1.43. The summed E-state index contributed by atoms with van der Waals surface area (Å²) in [5, 5.41) is 38.7. The fraction of sp³-hybridized carbons (Fsp3) is 0.613.